The highest BCUT2D eigenvalue weighted by molar-refractivity contribution is 7.99. The van der Waals surface area contributed by atoms with Crippen LogP contribution in [-0.4, -0.2) is 64.0 Å². The first kappa shape index (κ1) is 26.6. The molecule has 35 heavy (non-hydrogen) atoms. The SMILES string of the molecule is CCC(=O)Nc1ccc(Sc2nc(N=C(N)CC(C)=N)cc(N3CCN(C(C)(C)C)CC3)n2)cc1. The minimum absolute atomic E-state index is 0.0201. The van der Waals surface area contributed by atoms with E-state index in [0.717, 1.165) is 42.6 Å². The number of anilines is 2. The summed E-state index contributed by atoms with van der Waals surface area (Å²) in [4.78, 5) is 31.2. The molecule has 0 bridgehead atoms. The zero-order valence-corrected chi connectivity index (χ0v) is 22.1. The molecular weight excluding hydrogens is 460 g/mol. The molecule has 10 heteroatoms. The fourth-order valence-electron chi connectivity index (χ4n) is 3.69. The fraction of sp³-hybridized carbons (Fsp3) is 0.480. The topological polar surface area (TPSA) is 124 Å². The quantitative estimate of drug-likeness (QED) is 0.282. The number of nitrogens with one attached hydrogen (secondary N) is 2. The summed E-state index contributed by atoms with van der Waals surface area (Å²) in [6.45, 7) is 13.9. The number of amides is 1. The molecule has 0 spiro atoms. The van der Waals surface area contributed by atoms with Crippen LogP contribution < -0.4 is 16.0 Å². The molecule has 0 atom stereocenters. The molecule has 1 fully saturated rings. The van der Waals surface area contributed by atoms with Gasteiger partial charge in [-0.15, -0.1) is 0 Å². The molecule has 1 aliphatic heterocycles. The zero-order valence-electron chi connectivity index (χ0n) is 21.3. The minimum Gasteiger partial charge on any atom is -0.387 e. The van der Waals surface area contributed by atoms with Crippen LogP contribution in [-0.2, 0) is 4.79 Å². The van der Waals surface area contributed by atoms with Crippen molar-refractivity contribution in [3.05, 3.63) is 30.3 Å². The Morgan fingerprint density at radius 3 is 2.40 bits per heavy atom. The van der Waals surface area contributed by atoms with Gasteiger partial charge in [-0.25, -0.2) is 15.0 Å². The van der Waals surface area contributed by atoms with E-state index >= 15 is 0 Å². The molecular formula is C25H36N8OS. The molecule has 1 aromatic carbocycles. The second-order valence-corrected chi connectivity index (χ2v) is 10.6. The van der Waals surface area contributed by atoms with Gasteiger partial charge >= 0.3 is 0 Å². The van der Waals surface area contributed by atoms with E-state index in [1.54, 1.807) is 6.92 Å². The first-order chi connectivity index (χ1) is 16.5. The molecule has 1 aromatic heterocycles. The lowest BCUT2D eigenvalue weighted by molar-refractivity contribution is -0.115. The van der Waals surface area contributed by atoms with Crippen molar-refractivity contribution >= 4 is 46.5 Å². The molecule has 0 unspecified atom stereocenters. The molecule has 0 aliphatic carbocycles. The van der Waals surface area contributed by atoms with Crippen molar-refractivity contribution in [2.75, 3.05) is 36.4 Å². The van der Waals surface area contributed by atoms with Crippen molar-refractivity contribution in [1.29, 1.82) is 5.41 Å². The third-order valence-electron chi connectivity index (χ3n) is 5.60. The van der Waals surface area contributed by atoms with Gasteiger partial charge in [-0.3, -0.25) is 9.69 Å². The van der Waals surface area contributed by atoms with Crippen LogP contribution in [0.25, 0.3) is 0 Å². The van der Waals surface area contributed by atoms with Gasteiger partial charge in [0.15, 0.2) is 11.0 Å². The highest BCUT2D eigenvalue weighted by atomic mass is 32.2. The summed E-state index contributed by atoms with van der Waals surface area (Å²) in [6.07, 6.45) is 0.738. The van der Waals surface area contributed by atoms with Crippen molar-refractivity contribution in [2.45, 2.75) is 63.1 Å². The largest absolute Gasteiger partial charge is 0.387 e. The Morgan fingerprint density at radius 2 is 1.83 bits per heavy atom. The van der Waals surface area contributed by atoms with Crippen molar-refractivity contribution in [1.82, 2.24) is 14.9 Å². The number of nitrogens with zero attached hydrogens (tertiary/aromatic N) is 5. The summed E-state index contributed by atoms with van der Waals surface area (Å²) < 4.78 is 0. The van der Waals surface area contributed by atoms with Gasteiger partial charge in [0, 0.05) is 66.9 Å². The predicted octanol–water partition coefficient (Wildman–Crippen LogP) is 4.32. The van der Waals surface area contributed by atoms with Crippen LogP contribution in [0, 0.1) is 5.41 Å². The van der Waals surface area contributed by atoms with Gasteiger partial charge < -0.3 is 21.4 Å². The Balaban J connectivity index is 1.84. The molecule has 0 radical (unpaired) electrons. The fourth-order valence-corrected chi connectivity index (χ4v) is 4.45. The van der Waals surface area contributed by atoms with E-state index in [-0.39, 0.29) is 11.4 Å². The molecule has 1 aliphatic rings. The average Bonchev–Trinajstić information content (AvgIpc) is 2.79. The summed E-state index contributed by atoms with van der Waals surface area (Å²) in [5, 5.41) is 11.1. The third kappa shape index (κ3) is 8.03. The standard InChI is InChI=1S/C25H36N8OS/c1-6-23(34)28-18-7-9-19(10-8-18)35-24-30-21(29-20(27)15-17(2)26)16-22(31-24)32-11-13-33(14-12-32)25(3,4)5/h7-10,16,26H,6,11-15H2,1-5H3,(H,28,34)(H2,27,29,30,31). The van der Waals surface area contributed by atoms with E-state index in [4.69, 9.17) is 16.1 Å². The number of amidine groups is 1. The van der Waals surface area contributed by atoms with Crippen LogP contribution in [0.4, 0.5) is 17.3 Å². The number of aromatic nitrogens is 2. The van der Waals surface area contributed by atoms with Gasteiger partial charge in [0.05, 0.1) is 0 Å². The van der Waals surface area contributed by atoms with Crippen LogP contribution in [0.1, 0.15) is 47.5 Å². The van der Waals surface area contributed by atoms with Crippen LogP contribution >= 0.6 is 11.8 Å². The van der Waals surface area contributed by atoms with Crippen molar-refractivity contribution in [2.24, 2.45) is 10.7 Å². The Labute approximate surface area is 212 Å². The Bertz CT molecular complexity index is 1070. The van der Waals surface area contributed by atoms with Gasteiger partial charge in [-0.05, 0) is 63.7 Å². The van der Waals surface area contributed by atoms with Crippen LogP contribution in [0.5, 0.6) is 0 Å². The summed E-state index contributed by atoms with van der Waals surface area (Å²) in [6, 6.07) is 9.48. The molecule has 0 saturated carbocycles. The number of hydrogen-bond acceptors (Lipinski definition) is 8. The van der Waals surface area contributed by atoms with E-state index in [1.807, 2.05) is 37.3 Å². The number of benzene rings is 1. The van der Waals surface area contributed by atoms with E-state index < -0.39 is 0 Å². The zero-order chi connectivity index (χ0) is 25.6. The molecule has 4 N–H and O–H groups in total. The highest BCUT2D eigenvalue weighted by Gasteiger charge is 2.26. The number of carbonyl (C=O) groups is 1. The Hall–Kier alpha value is -2.98. The van der Waals surface area contributed by atoms with Crippen molar-refractivity contribution in [3.63, 3.8) is 0 Å². The van der Waals surface area contributed by atoms with Gasteiger partial charge in [0.1, 0.15) is 11.7 Å². The van der Waals surface area contributed by atoms with Crippen LogP contribution in [0.15, 0.2) is 45.4 Å². The van der Waals surface area contributed by atoms with Gasteiger partial charge in [0.2, 0.25) is 5.91 Å². The lowest BCUT2D eigenvalue weighted by Crippen LogP contribution is -2.53. The third-order valence-corrected chi connectivity index (χ3v) is 6.48. The average molecular weight is 497 g/mol. The monoisotopic (exact) mass is 496 g/mol. The number of aliphatic imine (C=N–C) groups is 1. The Morgan fingerprint density at radius 1 is 1.17 bits per heavy atom. The number of hydrogen-bond donors (Lipinski definition) is 3. The maximum Gasteiger partial charge on any atom is 0.224 e. The smallest absolute Gasteiger partial charge is 0.224 e. The summed E-state index contributed by atoms with van der Waals surface area (Å²) >= 11 is 1.43. The van der Waals surface area contributed by atoms with Crippen molar-refractivity contribution in [3.8, 4) is 0 Å². The number of nitrogens with two attached hydrogens (primary N) is 1. The van der Waals surface area contributed by atoms with E-state index in [9.17, 15) is 4.79 Å². The van der Waals surface area contributed by atoms with E-state index in [2.05, 4.69) is 45.9 Å². The number of carbonyl (C=O) groups excluding carboxylic acids is 1. The molecule has 188 valence electrons. The van der Waals surface area contributed by atoms with Gasteiger partial charge in [-0.2, -0.15) is 0 Å². The Kier molecular flexibility index (Phi) is 8.85. The molecule has 2 heterocycles. The molecule has 9 nitrogen and oxygen atoms in total. The minimum atomic E-state index is -0.0201. The predicted molar refractivity (Wildman–Crippen MR) is 144 cm³/mol. The molecule has 3 rings (SSSR count). The second kappa shape index (κ2) is 11.6. The first-order valence-corrected chi connectivity index (χ1v) is 12.7. The molecule has 2 aromatic rings. The lowest BCUT2D eigenvalue weighted by atomic mass is 10.1. The summed E-state index contributed by atoms with van der Waals surface area (Å²) in [7, 11) is 0. The van der Waals surface area contributed by atoms with Crippen LogP contribution in [0.3, 0.4) is 0 Å². The lowest BCUT2D eigenvalue weighted by Gasteiger charge is -2.42. The molecule has 1 amide bonds. The van der Waals surface area contributed by atoms with Gasteiger partial charge in [-0.1, -0.05) is 6.92 Å². The maximum absolute atomic E-state index is 11.6. The first-order valence-electron chi connectivity index (χ1n) is 11.9. The van der Waals surface area contributed by atoms with E-state index in [0.29, 0.717) is 35.4 Å². The second-order valence-electron chi connectivity index (χ2n) is 9.60. The number of rotatable bonds is 8. The highest BCUT2D eigenvalue weighted by Crippen LogP contribution is 2.30. The summed E-state index contributed by atoms with van der Waals surface area (Å²) in [5.74, 6) is 1.64. The van der Waals surface area contributed by atoms with E-state index in [1.165, 1.54) is 11.8 Å². The van der Waals surface area contributed by atoms with Crippen molar-refractivity contribution < 1.29 is 4.79 Å². The molecule has 1 saturated heterocycles. The number of piperazine rings is 1. The van der Waals surface area contributed by atoms with Crippen LogP contribution in [0.2, 0.25) is 0 Å². The van der Waals surface area contributed by atoms with Gasteiger partial charge in [0.25, 0.3) is 0 Å². The normalized spacial score (nSPS) is 15.2. The maximum atomic E-state index is 11.6. The summed E-state index contributed by atoms with van der Waals surface area (Å²) in [5.41, 5.74) is 7.40.